The molecule has 2 aromatic heterocycles. The molecule has 2 aromatic rings. The number of hydrogen-bond donors (Lipinski definition) is 2. The van der Waals surface area contributed by atoms with Gasteiger partial charge in [-0.25, -0.2) is 0 Å². The first kappa shape index (κ1) is 15.5. The molecular formula is C12H18N6O2S. The molecule has 0 atom stereocenters. The highest BCUT2D eigenvalue weighted by Crippen LogP contribution is 2.21. The normalized spacial score (nSPS) is 11.1. The standard InChI is InChI=1S/C12H18N6O2S/c1-7(2)18-9(5-13)15-16-12(18)21-6-10(19)14-11-4-8(3)17-20-11/h4,7H,5-6,13H2,1-3H3,(H,14,19). The lowest BCUT2D eigenvalue weighted by atomic mass is 10.4. The van der Waals surface area contributed by atoms with Crippen molar-refractivity contribution in [1.82, 2.24) is 19.9 Å². The lowest BCUT2D eigenvalue weighted by Gasteiger charge is -2.12. The van der Waals surface area contributed by atoms with Crippen molar-refractivity contribution >= 4 is 23.6 Å². The van der Waals surface area contributed by atoms with Crippen LogP contribution in [0, 0.1) is 6.92 Å². The zero-order chi connectivity index (χ0) is 15.4. The third-order valence-electron chi connectivity index (χ3n) is 2.66. The quantitative estimate of drug-likeness (QED) is 0.774. The van der Waals surface area contributed by atoms with Crippen LogP contribution in [0.2, 0.25) is 0 Å². The van der Waals surface area contributed by atoms with Gasteiger partial charge in [0.2, 0.25) is 11.8 Å². The van der Waals surface area contributed by atoms with Gasteiger partial charge in [-0.15, -0.1) is 10.2 Å². The lowest BCUT2D eigenvalue weighted by molar-refractivity contribution is -0.113. The van der Waals surface area contributed by atoms with E-state index in [1.165, 1.54) is 11.8 Å². The molecule has 0 aliphatic rings. The van der Waals surface area contributed by atoms with Crippen molar-refractivity contribution in [2.75, 3.05) is 11.1 Å². The number of aryl methyl sites for hydroxylation is 1. The van der Waals surface area contributed by atoms with Crippen molar-refractivity contribution in [2.24, 2.45) is 5.73 Å². The van der Waals surface area contributed by atoms with Crippen LogP contribution in [-0.4, -0.2) is 31.6 Å². The van der Waals surface area contributed by atoms with E-state index >= 15 is 0 Å². The largest absolute Gasteiger partial charge is 0.338 e. The number of hydrogen-bond acceptors (Lipinski definition) is 7. The number of nitrogens with one attached hydrogen (secondary N) is 1. The molecule has 1 amide bonds. The average Bonchev–Trinajstić information content (AvgIpc) is 3.02. The Morgan fingerprint density at radius 2 is 2.29 bits per heavy atom. The number of anilines is 1. The predicted octanol–water partition coefficient (Wildman–Crippen LogP) is 1.34. The van der Waals surface area contributed by atoms with Gasteiger partial charge < -0.3 is 14.8 Å². The minimum absolute atomic E-state index is 0.182. The van der Waals surface area contributed by atoms with Gasteiger partial charge in [0.05, 0.1) is 18.0 Å². The minimum atomic E-state index is -0.191. The molecule has 2 rings (SSSR count). The van der Waals surface area contributed by atoms with Crippen molar-refractivity contribution in [3.8, 4) is 0 Å². The molecule has 21 heavy (non-hydrogen) atoms. The van der Waals surface area contributed by atoms with Crippen LogP contribution in [-0.2, 0) is 11.3 Å². The summed E-state index contributed by atoms with van der Waals surface area (Å²) in [6.45, 7) is 6.14. The fourth-order valence-electron chi connectivity index (χ4n) is 1.79. The Morgan fingerprint density at radius 3 is 2.86 bits per heavy atom. The summed E-state index contributed by atoms with van der Waals surface area (Å²) in [7, 11) is 0. The Hall–Kier alpha value is -1.87. The van der Waals surface area contributed by atoms with Crippen LogP contribution in [0.15, 0.2) is 15.7 Å². The summed E-state index contributed by atoms with van der Waals surface area (Å²) >= 11 is 1.31. The molecule has 2 heterocycles. The number of rotatable bonds is 6. The highest BCUT2D eigenvalue weighted by molar-refractivity contribution is 7.99. The summed E-state index contributed by atoms with van der Waals surface area (Å²) in [5.41, 5.74) is 6.34. The van der Waals surface area contributed by atoms with E-state index in [1.807, 2.05) is 18.4 Å². The van der Waals surface area contributed by atoms with Crippen LogP contribution in [0.25, 0.3) is 0 Å². The van der Waals surface area contributed by atoms with Gasteiger partial charge in [0.15, 0.2) is 5.16 Å². The number of amides is 1. The van der Waals surface area contributed by atoms with Gasteiger partial charge in [0.1, 0.15) is 5.82 Å². The van der Waals surface area contributed by atoms with E-state index < -0.39 is 0 Å². The average molecular weight is 310 g/mol. The van der Waals surface area contributed by atoms with Crippen molar-refractivity contribution in [2.45, 2.75) is 38.5 Å². The fourth-order valence-corrected chi connectivity index (χ4v) is 2.68. The minimum Gasteiger partial charge on any atom is -0.338 e. The molecule has 0 saturated carbocycles. The van der Waals surface area contributed by atoms with Gasteiger partial charge in [0, 0.05) is 12.1 Å². The van der Waals surface area contributed by atoms with E-state index in [0.717, 1.165) is 0 Å². The van der Waals surface area contributed by atoms with E-state index in [9.17, 15) is 4.79 Å². The monoisotopic (exact) mass is 310 g/mol. The van der Waals surface area contributed by atoms with Crippen molar-refractivity contribution < 1.29 is 9.32 Å². The summed E-state index contributed by atoms with van der Waals surface area (Å²) in [6, 6.07) is 1.84. The van der Waals surface area contributed by atoms with E-state index in [-0.39, 0.29) is 17.7 Å². The second kappa shape index (κ2) is 6.72. The van der Waals surface area contributed by atoms with Gasteiger partial charge in [-0.1, -0.05) is 16.9 Å². The molecule has 0 aliphatic carbocycles. The number of thioether (sulfide) groups is 1. The van der Waals surface area contributed by atoms with Crippen LogP contribution < -0.4 is 11.1 Å². The lowest BCUT2D eigenvalue weighted by Crippen LogP contribution is -2.15. The van der Waals surface area contributed by atoms with Gasteiger partial charge in [0.25, 0.3) is 0 Å². The van der Waals surface area contributed by atoms with Crippen molar-refractivity contribution in [3.63, 3.8) is 0 Å². The fraction of sp³-hybridized carbons (Fsp3) is 0.500. The molecule has 0 unspecified atom stereocenters. The predicted molar refractivity (Wildman–Crippen MR) is 78.9 cm³/mol. The first-order valence-electron chi connectivity index (χ1n) is 6.51. The van der Waals surface area contributed by atoms with Crippen LogP contribution in [0.5, 0.6) is 0 Å². The van der Waals surface area contributed by atoms with Crippen LogP contribution in [0.3, 0.4) is 0 Å². The Morgan fingerprint density at radius 1 is 1.52 bits per heavy atom. The third kappa shape index (κ3) is 3.82. The number of carbonyl (C=O) groups excluding carboxylic acids is 1. The maximum Gasteiger partial charge on any atom is 0.237 e. The molecule has 0 aromatic carbocycles. The molecule has 0 fully saturated rings. The Bertz CT molecular complexity index is 621. The summed E-state index contributed by atoms with van der Waals surface area (Å²) in [4.78, 5) is 11.9. The van der Waals surface area contributed by atoms with Crippen LogP contribution in [0.1, 0.15) is 31.4 Å². The molecule has 0 spiro atoms. The first-order valence-corrected chi connectivity index (χ1v) is 7.49. The topological polar surface area (TPSA) is 112 Å². The molecule has 0 radical (unpaired) electrons. The van der Waals surface area contributed by atoms with Crippen LogP contribution >= 0.6 is 11.8 Å². The summed E-state index contributed by atoms with van der Waals surface area (Å²) in [5.74, 6) is 1.06. The molecule has 9 heteroatoms. The number of aromatic nitrogens is 4. The molecule has 8 nitrogen and oxygen atoms in total. The first-order chi connectivity index (χ1) is 10.0. The molecule has 0 aliphatic heterocycles. The number of carbonyl (C=O) groups is 1. The summed E-state index contributed by atoms with van der Waals surface area (Å²) in [6.07, 6.45) is 0. The highest BCUT2D eigenvalue weighted by Gasteiger charge is 2.16. The van der Waals surface area contributed by atoms with Gasteiger partial charge in [-0.05, 0) is 20.8 Å². The van der Waals surface area contributed by atoms with E-state index in [0.29, 0.717) is 29.1 Å². The maximum absolute atomic E-state index is 11.9. The molecule has 0 bridgehead atoms. The highest BCUT2D eigenvalue weighted by atomic mass is 32.2. The van der Waals surface area contributed by atoms with E-state index in [1.54, 1.807) is 13.0 Å². The molecule has 0 saturated heterocycles. The number of nitrogens with two attached hydrogens (primary N) is 1. The number of nitrogens with zero attached hydrogens (tertiary/aromatic N) is 4. The third-order valence-corrected chi connectivity index (χ3v) is 3.60. The molecular weight excluding hydrogens is 292 g/mol. The van der Waals surface area contributed by atoms with E-state index in [2.05, 4.69) is 20.7 Å². The molecule has 114 valence electrons. The van der Waals surface area contributed by atoms with Gasteiger partial charge in [-0.2, -0.15) is 0 Å². The van der Waals surface area contributed by atoms with E-state index in [4.69, 9.17) is 10.3 Å². The second-order valence-electron chi connectivity index (χ2n) is 4.74. The van der Waals surface area contributed by atoms with Crippen LogP contribution in [0.4, 0.5) is 5.88 Å². The summed E-state index contributed by atoms with van der Waals surface area (Å²) < 4.78 is 6.86. The zero-order valence-corrected chi connectivity index (χ0v) is 13.0. The Kier molecular flexibility index (Phi) is 4.97. The molecule has 3 N–H and O–H groups in total. The maximum atomic E-state index is 11.9. The second-order valence-corrected chi connectivity index (χ2v) is 5.68. The smallest absolute Gasteiger partial charge is 0.237 e. The zero-order valence-electron chi connectivity index (χ0n) is 12.2. The SMILES string of the molecule is Cc1cc(NC(=O)CSc2nnc(CN)n2C(C)C)on1. The van der Waals surface area contributed by atoms with Gasteiger partial charge >= 0.3 is 0 Å². The van der Waals surface area contributed by atoms with Gasteiger partial charge in [-0.3, -0.25) is 10.1 Å². The van der Waals surface area contributed by atoms with Crippen molar-refractivity contribution in [1.29, 1.82) is 0 Å². The Labute approximate surface area is 126 Å². The Balaban J connectivity index is 1.96. The summed E-state index contributed by atoms with van der Waals surface area (Å²) in [5, 5.41) is 15.1. The van der Waals surface area contributed by atoms with Crippen molar-refractivity contribution in [3.05, 3.63) is 17.6 Å².